The van der Waals surface area contributed by atoms with Gasteiger partial charge in [0.05, 0.1) is 17.4 Å². The van der Waals surface area contributed by atoms with Gasteiger partial charge in [0.1, 0.15) is 6.07 Å². The Morgan fingerprint density at radius 2 is 2.37 bits per heavy atom. The molecule has 0 saturated carbocycles. The molecule has 3 nitrogen and oxygen atoms in total. The third-order valence-corrected chi connectivity index (χ3v) is 3.93. The van der Waals surface area contributed by atoms with Crippen LogP contribution in [-0.2, 0) is 4.74 Å². The van der Waals surface area contributed by atoms with Gasteiger partial charge in [-0.2, -0.15) is 5.26 Å². The van der Waals surface area contributed by atoms with Gasteiger partial charge in [-0.15, -0.1) is 0 Å². The van der Waals surface area contributed by atoms with E-state index in [0.717, 1.165) is 42.5 Å². The molecule has 1 N–H and O–H groups in total. The normalized spacial score (nSPS) is 22.8. The molecule has 0 bridgehead atoms. The molecule has 1 aliphatic rings. The van der Waals surface area contributed by atoms with E-state index in [1.54, 1.807) is 0 Å². The van der Waals surface area contributed by atoms with Gasteiger partial charge in [0.2, 0.25) is 0 Å². The molecule has 2 rings (SSSR count). The highest BCUT2D eigenvalue weighted by Crippen LogP contribution is 2.25. The summed E-state index contributed by atoms with van der Waals surface area (Å²) in [5.74, 6) is 0. The Morgan fingerprint density at radius 3 is 3.11 bits per heavy atom. The van der Waals surface area contributed by atoms with Gasteiger partial charge in [0, 0.05) is 17.1 Å². The second kappa shape index (κ2) is 6.93. The lowest BCUT2D eigenvalue weighted by molar-refractivity contribution is 0.00597. The number of nitriles is 1. The van der Waals surface area contributed by atoms with Gasteiger partial charge in [-0.25, -0.2) is 0 Å². The lowest BCUT2D eigenvalue weighted by atomic mass is 9.99. The quantitative estimate of drug-likeness (QED) is 0.908. The zero-order valence-corrected chi connectivity index (χ0v) is 12.7. The molecule has 1 heterocycles. The molecule has 1 aromatic carbocycles. The Kier molecular flexibility index (Phi) is 5.24. The minimum absolute atomic E-state index is 0.359. The number of anilines is 1. The summed E-state index contributed by atoms with van der Waals surface area (Å²) in [5, 5.41) is 12.7. The van der Waals surface area contributed by atoms with Crippen molar-refractivity contribution in [2.24, 2.45) is 0 Å². The Labute approximate surface area is 123 Å². The number of hydrogen-bond acceptors (Lipinski definition) is 3. The fourth-order valence-electron chi connectivity index (χ4n) is 2.49. The van der Waals surface area contributed by atoms with Gasteiger partial charge < -0.3 is 10.1 Å². The van der Waals surface area contributed by atoms with E-state index >= 15 is 0 Å². The van der Waals surface area contributed by atoms with Crippen molar-refractivity contribution in [3.05, 3.63) is 28.2 Å². The van der Waals surface area contributed by atoms with Crippen molar-refractivity contribution < 1.29 is 4.74 Å². The van der Waals surface area contributed by atoms with E-state index in [1.165, 1.54) is 0 Å². The highest BCUT2D eigenvalue weighted by molar-refractivity contribution is 9.10. The number of benzene rings is 1. The van der Waals surface area contributed by atoms with E-state index in [9.17, 15) is 5.26 Å². The summed E-state index contributed by atoms with van der Waals surface area (Å²) < 4.78 is 6.69. The highest BCUT2D eigenvalue weighted by atomic mass is 79.9. The first-order valence-electron chi connectivity index (χ1n) is 6.80. The van der Waals surface area contributed by atoms with Crippen LogP contribution in [0, 0.1) is 11.3 Å². The predicted molar refractivity (Wildman–Crippen MR) is 80.1 cm³/mol. The van der Waals surface area contributed by atoms with Crippen molar-refractivity contribution in [3.63, 3.8) is 0 Å². The van der Waals surface area contributed by atoms with E-state index in [2.05, 4.69) is 34.2 Å². The minimum Gasteiger partial charge on any atom is -0.381 e. The molecule has 0 aliphatic carbocycles. The topological polar surface area (TPSA) is 45.0 Å². The van der Waals surface area contributed by atoms with Gasteiger partial charge in [-0.3, -0.25) is 0 Å². The van der Waals surface area contributed by atoms with Gasteiger partial charge >= 0.3 is 0 Å². The van der Waals surface area contributed by atoms with Crippen LogP contribution in [0.4, 0.5) is 5.69 Å². The predicted octanol–water partition coefficient (Wildman–Crippen LogP) is 4.08. The highest BCUT2D eigenvalue weighted by Gasteiger charge is 2.22. The van der Waals surface area contributed by atoms with Gasteiger partial charge in [-0.05, 0) is 37.5 Å². The average molecular weight is 323 g/mol. The third-order valence-electron chi connectivity index (χ3n) is 3.44. The molecular weight excluding hydrogens is 304 g/mol. The lowest BCUT2D eigenvalue weighted by Crippen LogP contribution is -2.34. The van der Waals surface area contributed by atoms with Crippen LogP contribution in [0.15, 0.2) is 22.7 Å². The summed E-state index contributed by atoms with van der Waals surface area (Å²) in [6.07, 6.45) is 4.65. The van der Waals surface area contributed by atoms with Gasteiger partial charge in [0.25, 0.3) is 0 Å². The fourth-order valence-corrected chi connectivity index (χ4v) is 2.85. The molecule has 4 heteroatoms. The number of ether oxygens (including phenoxy) is 1. The van der Waals surface area contributed by atoms with Crippen LogP contribution in [0.25, 0.3) is 0 Å². The molecule has 1 aromatic rings. The Bertz CT molecular complexity index is 468. The Hall–Kier alpha value is -1.05. The molecule has 0 amide bonds. The first kappa shape index (κ1) is 14.4. The lowest BCUT2D eigenvalue weighted by Gasteiger charge is -2.31. The third kappa shape index (κ3) is 3.95. The maximum Gasteiger partial charge on any atom is 0.101 e. The van der Waals surface area contributed by atoms with E-state index in [-0.39, 0.29) is 0 Å². The van der Waals surface area contributed by atoms with Gasteiger partial charge in [-0.1, -0.05) is 29.3 Å². The zero-order valence-electron chi connectivity index (χ0n) is 11.2. The molecule has 19 heavy (non-hydrogen) atoms. The first-order valence-corrected chi connectivity index (χ1v) is 7.60. The van der Waals surface area contributed by atoms with Crippen molar-refractivity contribution in [1.29, 1.82) is 5.26 Å². The van der Waals surface area contributed by atoms with Crippen LogP contribution >= 0.6 is 15.9 Å². The Balaban J connectivity index is 2.03. The largest absolute Gasteiger partial charge is 0.381 e. The number of nitrogens with zero attached hydrogens (tertiary/aromatic N) is 1. The summed E-state index contributed by atoms with van der Waals surface area (Å²) >= 11 is 3.39. The van der Waals surface area contributed by atoms with E-state index in [4.69, 9.17) is 4.74 Å². The van der Waals surface area contributed by atoms with Crippen molar-refractivity contribution in [1.82, 2.24) is 0 Å². The summed E-state index contributed by atoms with van der Waals surface area (Å²) in [6, 6.07) is 8.42. The molecular formula is C15H19BrN2O. The summed E-state index contributed by atoms with van der Waals surface area (Å²) in [4.78, 5) is 0. The summed E-state index contributed by atoms with van der Waals surface area (Å²) in [7, 11) is 0. The molecule has 0 aromatic heterocycles. The molecule has 2 unspecified atom stereocenters. The molecule has 102 valence electrons. The van der Waals surface area contributed by atoms with Crippen LogP contribution in [0.3, 0.4) is 0 Å². The number of nitrogens with one attached hydrogen (secondary N) is 1. The second-order valence-electron chi connectivity index (χ2n) is 4.95. The van der Waals surface area contributed by atoms with Crippen LogP contribution < -0.4 is 5.32 Å². The minimum atomic E-state index is 0.359. The maximum absolute atomic E-state index is 9.17. The monoisotopic (exact) mass is 322 g/mol. The van der Waals surface area contributed by atoms with Crippen LogP contribution in [0.2, 0.25) is 0 Å². The van der Waals surface area contributed by atoms with Crippen LogP contribution in [0.1, 0.15) is 38.2 Å². The summed E-state index contributed by atoms with van der Waals surface area (Å²) in [5.41, 5.74) is 1.61. The SMILES string of the molecule is CCCC1CC(Nc2ccc(Br)cc2C#N)CCO1. The standard InChI is InChI=1S/C15H19BrN2O/c1-2-3-14-9-13(6-7-19-14)18-15-5-4-12(16)8-11(15)10-17/h4-5,8,13-14,18H,2-3,6-7,9H2,1H3. The van der Waals surface area contributed by atoms with E-state index in [1.807, 2.05) is 18.2 Å². The van der Waals surface area contributed by atoms with E-state index in [0.29, 0.717) is 17.7 Å². The van der Waals surface area contributed by atoms with Crippen molar-refractivity contribution in [2.45, 2.75) is 44.8 Å². The van der Waals surface area contributed by atoms with Crippen molar-refractivity contribution in [2.75, 3.05) is 11.9 Å². The van der Waals surface area contributed by atoms with Crippen molar-refractivity contribution >= 4 is 21.6 Å². The number of halogens is 1. The molecule has 1 aliphatic heterocycles. The molecule has 1 saturated heterocycles. The molecule has 2 atom stereocenters. The zero-order chi connectivity index (χ0) is 13.7. The molecule has 0 spiro atoms. The van der Waals surface area contributed by atoms with Crippen LogP contribution in [0.5, 0.6) is 0 Å². The fraction of sp³-hybridized carbons (Fsp3) is 0.533. The Morgan fingerprint density at radius 1 is 1.53 bits per heavy atom. The van der Waals surface area contributed by atoms with Crippen LogP contribution in [-0.4, -0.2) is 18.8 Å². The van der Waals surface area contributed by atoms with Crippen molar-refractivity contribution in [3.8, 4) is 6.07 Å². The number of hydrogen-bond donors (Lipinski definition) is 1. The summed E-state index contributed by atoms with van der Waals surface area (Å²) in [6.45, 7) is 2.99. The average Bonchev–Trinajstić information content (AvgIpc) is 2.41. The van der Waals surface area contributed by atoms with Gasteiger partial charge in [0.15, 0.2) is 0 Å². The first-order chi connectivity index (χ1) is 9.22. The smallest absolute Gasteiger partial charge is 0.101 e. The second-order valence-corrected chi connectivity index (χ2v) is 5.86. The van der Waals surface area contributed by atoms with E-state index < -0.39 is 0 Å². The number of rotatable bonds is 4. The molecule has 1 fully saturated rings. The molecule has 0 radical (unpaired) electrons. The maximum atomic E-state index is 9.17.